The van der Waals surface area contributed by atoms with Gasteiger partial charge in [0.25, 0.3) is 0 Å². The first-order valence-corrected chi connectivity index (χ1v) is 7.57. The van der Waals surface area contributed by atoms with Gasteiger partial charge in [0.15, 0.2) is 0 Å². The Morgan fingerprint density at radius 1 is 1.50 bits per heavy atom. The van der Waals surface area contributed by atoms with Crippen LogP contribution in [0.2, 0.25) is 0 Å². The van der Waals surface area contributed by atoms with Crippen molar-refractivity contribution in [2.75, 3.05) is 6.61 Å². The topological polar surface area (TPSA) is 72.6 Å². The lowest BCUT2D eigenvalue weighted by Gasteiger charge is -2.16. The number of nitrogens with zero attached hydrogens (tertiary/aromatic N) is 1. The Bertz CT molecular complexity index is 498. The van der Waals surface area contributed by atoms with Gasteiger partial charge >= 0.3 is 5.69 Å². The summed E-state index contributed by atoms with van der Waals surface area (Å²) in [5.74, 6) is 0.653. The molecule has 1 saturated carbocycles. The van der Waals surface area contributed by atoms with Crippen LogP contribution in [0.4, 0.5) is 5.69 Å². The van der Waals surface area contributed by atoms with Gasteiger partial charge in [0.1, 0.15) is 0 Å². The largest absolute Gasteiger partial charge is 0.486 e. The van der Waals surface area contributed by atoms with E-state index in [-0.39, 0.29) is 11.4 Å². The fraction of sp³-hybridized carbons (Fsp3) is 0.571. The van der Waals surface area contributed by atoms with Crippen molar-refractivity contribution < 1.29 is 14.8 Å². The van der Waals surface area contributed by atoms with E-state index in [1.807, 2.05) is 0 Å². The monoisotopic (exact) mass is 343 g/mol. The third-order valence-electron chi connectivity index (χ3n) is 3.65. The molecule has 1 N–H and O–H groups in total. The van der Waals surface area contributed by atoms with Crippen LogP contribution in [0.25, 0.3) is 0 Å². The normalized spacial score (nSPS) is 17.1. The number of hydrogen-bond donors (Lipinski definition) is 1. The lowest BCUT2D eigenvalue weighted by molar-refractivity contribution is -0.386. The molecule has 0 aliphatic heterocycles. The minimum atomic E-state index is -0.815. The van der Waals surface area contributed by atoms with Crippen LogP contribution in [0, 0.1) is 16.0 Å². The summed E-state index contributed by atoms with van der Waals surface area (Å²) in [5.41, 5.74) is 0.345. The van der Waals surface area contributed by atoms with Gasteiger partial charge in [-0.05, 0) is 31.7 Å². The first-order valence-electron chi connectivity index (χ1n) is 6.77. The highest BCUT2D eigenvalue weighted by atomic mass is 79.9. The van der Waals surface area contributed by atoms with Crippen LogP contribution in [0.15, 0.2) is 16.6 Å². The zero-order valence-electron chi connectivity index (χ0n) is 11.3. The molecule has 1 aliphatic rings. The number of aliphatic hydroxyl groups excluding tert-OH is 1. The van der Waals surface area contributed by atoms with E-state index in [0.29, 0.717) is 22.6 Å². The van der Waals surface area contributed by atoms with Crippen molar-refractivity contribution in [2.45, 2.75) is 38.7 Å². The summed E-state index contributed by atoms with van der Waals surface area (Å²) in [7, 11) is 0. The molecule has 110 valence electrons. The Morgan fingerprint density at radius 3 is 2.70 bits per heavy atom. The standard InChI is InChI=1S/C14H18BrNO4/c1-9(17)12-6-11(15)7-13(16(18)19)14(12)20-8-10-4-2-3-5-10/h6-7,9-10,17H,2-5,8H2,1H3/t9-/m0/s1. The number of nitro benzene ring substituents is 1. The Labute approximate surface area is 126 Å². The summed E-state index contributed by atoms with van der Waals surface area (Å²) in [5, 5.41) is 21.0. The Kier molecular flexibility index (Phi) is 4.99. The second kappa shape index (κ2) is 6.54. The quantitative estimate of drug-likeness (QED) is 0.648. The van der Waals surface area contributed by atoms with Crippen molar-refractivity contribution in [3.05, 3.63) is 32.3 Å². The first kappa shape index (κ1) is 15.3. The lowest BCUT2D eigenvalue weighted by atomic mass is 10.1. The molecule has 0 unspecified atom stereocenters. The van der Waals surface area contributed by atoms with E-state index in [2.05, 4.69) is 15.9 Å². The van der Waals surface area contributed by atoms with Crippen molar-refractivity contribution in [3.63, 3.8) is 0 Å². The zero-order chi connectivity index (χ0) is 14.7. The molecular weight excluding hydrogens is 326 g/mol. The van der Waals surface area contributed by atoms with E-state index in [1.165, 1.54) is 18.9 Å². The van der Waals surface area contributed by atoms with Crippen molar-refractivity contribution >= 4 is 21.6 Å². The molecule has 20 heavy (non-hydrogen) atoms. The fourth-order valence-electron chi connectivity index (χ4n) is 2.58. The van der Waals surface area contributed by atoms with E-state index < -0.39 is 11.0 Å². The minimum Gasteiger partial charge on any atom is -0.486 e. The summed E-state index contributed by atoms with van der Waals surface area (Å²) >= 11 is 3.23. The van der Waals surface area contributed by atoms with Gasteiger partial charge in [0.2, 0.25) is 5.75 Å². The molecule has 1 aliphatic carbocycles. The second-order valence-corrected chi connectivity index (χ2v) is 6.15. The summed E-state index contributed by atoms with van der Waals surface area (Å²) in [6, 6.07) is 3.08. The van der Waals surface area contributed by atoms with Crippen LogP contribution in [0.3, 0.4) is 0 Å². The molecule has 0 heterocycles. The Hall–Kier alpha value is -1.14. The molecule has 1 aromatic rings. The molecule has 0 radical (unpaired) electrons. The van der Waals surface area contributed by atoms with Crippen molar-refractivity contribution in [1.82, 2.24) is 0 Å². The van der Waals surface area contributed by atoms with E-state index in [9.17, 15) is 15.2 Å². The molecule has 0 bridgehead atoms. The minimum absolute atomic E-state index is 0.103. The SMILES string of the molecule is C[C@H](O)c1cc(Br)cc([N+](=O)[O-])c1OCC1CCCC1. The van der Waals surface area contributed by atoms with E-state index >= 15 is 0 Å². The summed E-state index contributed by atoms with van der Waals surface area (Å²) < 4.78 is 6.27. The molecule has 2 rings (SSSR count). The van der Waals surface area contributed by atoms with Gasteiger partial charge in [0.05, 0.1) is 17.6 Å². The smallest absolute Gasteiger partial charge is 0.312 e. The maximum atomic E-state index is 11.2. The van der Waals surface area contributed by atoms with E-state index in [0.717, 1.165) is 12.8 Å². The predicted octanol–water partition coefficient (Wildman–Crippen LogP) is 3.98. The van der Waals surface area contributed by atoms with E-state index in [4.69, 9.17) is 4.74 Å². The summed E-state index contributed by atoms with van der Waals surface area (Å²) in [6.45, 7) is 2.05. The van der Waals surface area contributed by atoms with Crippen LogP contribution in [0.1, 0.15) is 44.3 Å². The highest BCUT2D eigenvalue weighted by Crippen LogP contribution is 2.38. The first-order chi connectivity index (χ1) is 9.49. The molecule has 0 aromatic heterocycles. The number of ether oxygens (including phenoxy) is 1. The molecule has 0 spiro atoms. The van der Waals surface area contributed by atoms with Gasteiger partial charge in [0, 0.05) is 16.1 Å². The highest BCUT2D eigenvalue weighted by Gasteiger charge is 2.25. The number of aliphatic hydroxyl groups is 1. The van der Waals surface area contributed by atoms with Gasteiger partial charge < -0.3 is 9.84 Å². The average molecular weight is 344 g/mol. The van der Waals surface area contributed by atoms with Crippen molar-refractivity contribution in [2.24, 2.45) is 5.92 Å². The van der Waals surface area contributed by atoms with Gasteiger partial charge in [-0.25, -0.2) is 0 Å². The van der Waals surface area contributed by atoms with Crippen molar-refractivity contribution in [3.8, 4) is 5.75 Å². The predicted molar refractivity (Wildman–Crippen MR) is 78.9 cm³/mol. The Balaban J connectivity index is 2.29. The van der Waals surface area contributed by atoms with E-state index in [1.54, 1.807) is 13.0 Å². The number of halogens is 1. The summed E-state index contributed by atoms with van der Waals surface area (Å²) in [6.07, 6.45) is 3.78. The lowest BCUT2D eigenvalue weighted by Crippen LogP contribution is -2.11. The van der Waals surface area contributed by atoms with Crippen LogP contribution in [0.5, 0.6) is 5.75 Å². The average Bonchev–Trinajstić information content (AvgIpc) is 2.89. The molecule has 5 nitrogen and oxygen atoms in total. The maximum Gasteiger partial charge on any atom is 0.312 e. The molecule has 6 heteroatoms. The molecule has 1 atom stereocenters. The third-order valence-corrected chi connectivity index (χ3v) is 4.11. The van der Waals surface area contributed by atoms with Gasteiger partial charge in [-0.1, -0.05) is 28.8 Å². The molecule has 0 amide bonds. The van der Waals surface area contributed by atoms with Gasteiger partial charge in [-0.3, -0.25) is 10.1 Å². The van der Waals surface area contributed by atoms with Gasteiger partial charge in [-0.2, -0.15) is 0 Å². The molecule has 1 aromatic carbocycles. The van der Waals surface area contributed by atoms with Crippen molar-refractivity contribution in [1.29, 1.82) is 0 Å². The Morgan fingerprint density at radius 2 is 2.15 bits per heavy atom. The third kappa shape index (κ3) is 3.49. The number of benzene rings is 1. The zero-order valence-corrected chi connectivity index (χ0v) is 12.9. The fourth-order valence-corrected chi connectivity index (χ4v) is 3.04. The van der Waals surface area contributed by atoms with Crippen LogP contribution in [-0.2, 0) is 0 Å². The number of nitro groups is 1. The summed E-state index contributed by atoms with van der Waals surface area (Å²) in [4.78, 5) is 10.7. The van der Waals surface area contributed by atoms with Crippen LogP contribution >= 0.6 is 15.9 Å². The van der Waals surface area contributed by atoms with Crippen LogP contribution in [-0.4, -0.2) is 16.6 Å². The van der Waals surface area contributed by atoms with Gasteiger partial charge in [-0.15, -0.1) is 0 Å². The van der Waals surface area contributed by atoms with Crippen LogP contribution < -0.4 is 4.74 Å². The maximum absolute atomic E-state index is 11.2. The number of rotatable bonds is 5. The molecule has 0 saturated heterocycles. The highest BCUT2D eigenvalue weighted by molar-refractivity contribution is 9.10. The molecule has 1 fully saturated rings. The molecular formula is C14H18BrNO4. The second-order valence-electron chi connectivity index (χ2n) is 5.24. The number of hydrogen-bond acceptors (Lipinski definition) is 4.